The number of nitrogens with zero attached hydrogens (tertiary/aromatic N) is 1. The fourth-order valence-electron chi connectivity index (χ4n) is 4.34. The zero-order valence-corrected chi connectivity index (χ0v) is 20.3. The van der Waals surface area contributed by atoms with E-state index in [2.05, 4.69) is 5.32 Å². The quantitative estimate of drug-likeness (QED) is 0.613. The maximum atomic E-state index is 13.8. The molecule has 0 aromatic heterocycles. The van der Waals surface area contributed by atoms with Crippen molar-refractivity contribution in [3.63, 3.8) is 0 Å². The van der Waals surface area contributed by atoms with E-state index in [-0.39, 0.29) is 29.1 Å². The van der Waals surface area contributed by atoms with Gasteiger partial charge in [-0.25, -0.2) is 8.42 Å². The lowest BCUT2D eigenvalue weighted by atomic mass is 10.1. The van der Waals surface area contributed by atoms with Gasteiger partial charge in [0.1, 0.15) is 17.2 Å². The van der Waals surface area contributed by atoms with Gasteiger partial charge >= 0.3 is 0 Å². The van der Waals surface area contributed by atoms with Crippen LogP contribution in [-0.4, -0.2) is 34.0 Å². The fourth-order valence-corrected chi connectivity index (χ4v) is 5.99. The molecule has 0 radical (unpaired) electrons. The van der Waals surface area contributed by atoms with Crippen LogP contribution in [-0.2, 0) is 14.8 Å². The van der Waals surface area contributed by atoms with Gasteiger partial charge in [0.05, 0.1) is 12.8 Å². The number of rotatable bonds is 7. The number of sulfonamides is 1. The van der Waals surface area contributed by atoms with Crippen LogP contribution in [0.15, 0.2) is 41.3 Å². The van der Waals surface area contributed by atoms with E-state index in [1.54, 1.807) is 30.3 Å². The first kappa shape index (κ1) is 24.1. The number of amides is 1. The van der Waals surface area contributed by atoms with Crippen molar-refractivity contribution < 1.29 is 17.9 Å². The standard InChI is InChI=1S/C25H34N2O4S/c1-18-11-12-23(31-4)24(16-18)32(29,30)27(22-14-19(2)13-20(3)15-22)17-25(28)26-21-9-7-5-6-8-10-21/h11-16,21H,5-10,17H2,1-4H3,(H,26,28). The molecule has 0 atom stereocenters. The Labute approximate surface area is 192 Å². The molecule has 0 aliphatic heterocycles. The van der Waals surface area contributed by atoms with E-state index < -0.39 is 10.0 Å². The Morgan fingerprint density at radius 1 is 0.969 bits per heavy atom. The van der Waals surface area contributed by atoms with Gasteiger partial charge in [-0.15, -0.1) is 0 Å². The summed E-state index contributed by atoms with van der Waals surface area (Å²) >= 11 is 0. The van der Waals surface area contributed by atoms with Crippen molar-refractivity contribution in [1.29, 1.82) is 0 Å². The van der Waals surface area contributed by atoms with Crippen molar-refractivity contribution in [1.82, 2.24) is 5.32 Å². The SMILES string of the molecule is COc1ccc(C)cc1S(=O)(=O)N(CC(=O)NC1CCCCCC1)c1cc(C)cc(C)c1. The van der Waals surface area contributed by atoms with Crippen molar-refractivity contribution in [2.24, 2.45) is 0 Å². The number of aryl methyl sites for hydroxylation is 3. The number of carbonyl (C=O) groups is 1. The van der Waals surface area contributed by atoms with Crippen LogP contribution in [0, 0.1) is 20.8 Å². The predicted molar refractivity (Wildman–Crippen MR) is 128 cm³/mol. The Kier molecular flexibility index (Phi) is 7.82. The van der Waals surface area contributed by atoms with Gasteiger partial charge in [-0.3, -0.25) is 9.10 Å². The minimum Gasteiger partial charge on any atom is -0.495 e. The molecule has 7 heteroatoms. The summed E-state index contributed by atoms with van der Waals surface area (Å²) in [7, 11) is -2.60. The summed E-state index contributed by atoms with van der Waals surface area (Å²) in [6.07, 6.45) is 6.42. The molecule has 3 rings (SSSR count). The molecular weight excluding hydrogens is 424 g/mol. The number of nitrogens with one attached hydrogen (secondary N) is 1. The number of benzene rings is 2. The Morgan fingerprint density at radius 3 is 2.19 bits per heavy atom. The van der Waals surface area contributed by atoms with E-state index in [9.17, 15) is 13.2 Å². The van der Waals surface area contributed by atoms with Gasteiger partial charge in [0, 0.05) is 6.04 Å². The third-order valence-corrected chi connectivity index (χ3v) is 7.68. The minimum absolute atomic E-state index is 0.0569. The zero-order chi connectivity index (χ0) is 23.3. The molecule has 0 saturated heterocycles. The van der Waals surface area contributed by atoms with E-state index in [4.69, 9.17) is 4.74 Å². The highest BCUT2D eigenvalue weighted by Gasteiger charge is 2.31. The Hall–Kier alpha value is -2.54. The molecule has 1 saturated carbocycles. The topological polar surface area (TPSA) is 75.7 Å². The van der Waals surface area contributed by atoms with Gasteiger partial charge in [-0.05, 0) is 74.6 Å². The van der Waals surface area contributed by atoms with Crippen LogP contribution in [0.3, 0.4) is 0 Å². The van der Waals surface area contributed by atoms with Crippen LogP contribution in [0.4, 0.5) is 5.69 Å². The summed E-state index contributed by atoms with van der Waals surface area (Å²) in [5, 5.41) is 3.08. The number of ether oxygens (including phenoxy) is 1. The van der Waals surface area contributed by atoms with Crippen LogP contribution in [0.2, 0.25) is 0 Å². The summed E-state index contributed by atoms with van der Waals surface area (Å²) in [6, 6.07) is 10.7. The Balaban J connectivity index is 1.99. The average molecular weight is 459 g/mol. The van der Waals surface area contributed by atoms with E-state index in [1.807, 2.05) is 26.8 Å². The van der Waals surface area contributed by atoms with Crippen molar-refractivity contribution >= 4 is 21.6 Å². The number of hydrogen-bond acceptors (Lipinski definition) is 4. The number of anilines is 1. The molecule has 1 aliphatic carbocycles. The highest BCUT2D eigenvalue weighted by atomic mass is 32.2. The monoisotopic (exact) mass is 458 g/mol. The molecule has 1 aliphatic rings. The van der Waals surface area contributed by atoms with E-state index in [1.165, 1.54) is 24.3 Å². The molecular formula is C25H34N2O4S. The lowest BCUT2D eigenvalue weighted by molar-refractivity contribution is -0.120. The van der Waals surface area contributed by atoms with Crippen LogP contribution in [0.5, 0.6) is 5.75 Å². The molecule has 1 amide bonds. The molecule has 1 fully saturated rings. The highest BCUT2D eigenvalue weighted by Crippen LogP contribution is 2.31. The molecule has 0 heterocycles. The highest BCUT2D eigenvalue weighted by molar-refractivity contribution is 7.93. The van der Waals surface area contributed by atoms with Gasteiger partial charge in [0.25, 0.3) is 10.0 Å². The maximum absolute atomic E-state index is 13.8. The first-order chi connectivity index (χ1) is 15.2. The fraction of sp³-hybridized carbons (Fsp3) is 0.480. The summed E-state index contributed by atoms with van der Waals surface area (Å²) in [4.78, 5) is 13.1. The molecule has 6 nitrogen and oxygen atoms in total. The molecule has 174 valence electrons. The third kappa shape index (κ3) is 5.82. The molecule has 0 spiro atoms. The second kappa shape index (κ2) is 10.4. The minimum atomic E-state index is -4.05. The van der Waals surface area contributed by atoms with Crippen LogP contribution in [0.25, 0.3) is 0 Å². The van der Waals surface area contributed by atoms with Gasteiger partial charge in [-0.2, -0.15) is 0 Å². The van der Waals surface area contributed by atoms with Crippen molar-refractivity contribution in [3.8, 4) is 5.75 Å². The number of carbonyl (C=O) groups excluding carboxylic acids is 1. The molecule has 0 unspecified atom stereocenters. The predicted octanol–water partition coefficient (Wildman–Crippen LogP) is 4.65. The number of hydrogen-bond donors (Lipinski definition) is 1. The normalized spacial score (nSPS) is 15.1. The van der Waals surface area contributed by atoms with Crippen molar-refractivity contribution in [2.45, 2.75) is 70.2 Å². The largest absolute Gasteiger partial charge is 0.495 e. The molecule has 0 bridgehead atoms. The van der Waals surface area contributed by atoms with E-state index in [0.29, 0.717) is 5.69 Å². The van der Waals surface area contributed by atoms with Crippen molar-refractivity contribution in [2.75, 3.05) is 18.0 Å². The van der Waals surface area contributed by atoms with Crippen LogP contribution < -0.4 is 14.4 Å². The van der Waals surface area contributed by atoms with Gasteiger partial charge in [-0.1, -0.05) is 37.8 Å². The van der Waals surface area contributed by atoms with Gasteiger partial charge in [0.2, 0.25) is 5.91 Å². The first-order valence-electron chi connectivity index (χ1n) is 11.3. The van der Waals surface area contributed by atoms with Crippen LogP contribution >= 0.6 is 0 Å². The molecule has 1 N–H and O–H groups in total. The lowest BCUT2D eigenvalue weighted by Gasteiger charge is -2.27. The summed E-state index contributed by atoms with van der Waals surface area (Å²) in [5.74, 6) is -0.0274. The maximum Gasteiger partial charge on any atom is 0.268 e. The van der Waals surface area contributed by atoms with Gasteiger partial charge in [0.15, 0.2) is 0 Å². The zero-order valence-electron chi connectivity index (χ0n) is 19.5. The van der Waals surface area contributed by atoms with E-state index in [0.717, 1.165) is 42.4 Å². The van der Waals surface area contributed by atoms with Gasteiger partial charge < -0.3 is 10.1 Å². The number of methoxy groups -OCH3 is 1. The second-order valence-corrected chi connectivity index (χ2v) is 10.6. The van der Waals surface area contributed by atoms with Crippen LogP contribution in [0.1, 0.15) is 55.2 Å². The van der Waals surface area contributed by atoms with E-state index >= 15 is 0 Å². The molecule has 2 aromatic rings. The summed E-state index contributed by atoms with van der Waals surface area (Å²) in [5.41, 5.74) is 3.14. The summed E-state index contributed by atoms with van der Waals surface area (Å²) < 4.78 is 34.2. The Bertz CT molecular complexity index is 1040. The lowest BCUT2D eigenvalue weighted by Crippen LogP contribution is -2.44. The summed E-state index contributed by atoms with van der Waals surface area (Å²) in [6.45, 7) is 5.39. The van der Waals surface area contributed by atoms with Crippen molar-refractivity contribution in [3.05, 3.63) is 53.1 Å². The first-order valence-corrected chi connectivity index (χ1v) is 12.7. The second-order valence-electron chi connectivity index (χ2n) is 8.77. The third-order valence-electron chi connectivity index (χ3n) is 5.89. The molecule has 2 aromatic carbocycles. The average Bonchev–Trinajstić information content (AvgIpc) is 2.99. The molecule has 32 heavy (non-hydrogen) atoms. The Morgan fingerprint density at radius 2 is 1.59 bits per heavy atom. The smallest absolute Gasteiger partial charge is 0.268 e.